The molecule has 0 heterocycles. The van der Waals surface area contributed by atoms with Crippen LogP contribution in [0.3, 0.4) is 0 Å². The smallest absolute Gasteiger partial charge is 0.101 e. The van der Waals surface area contributed by atoms with E-state index in [4.69, 9.17) is 22.1 Å². The normalized spacial score (nSPS) is 9.56. The highest BCUT2D eigenvalue weighted by Gasteiger charge is 2.14. The summed E-state index contributed by atoms with van der Waals surface area (Å²) < 4.78 is 0. The molecule has 0 spiro atoms. The molecule has 0 aliphatic rings. The zero-order chi connectivity index (χ0) is 12.1. The molecule has 1 rings (SSSR count). The number of hydrogen-bond acceptors (Lipinski definition) is 2. The summed E-state index contributed by atoms with van der Waals surface area (Å²) in [6.07, 6.45) is 1.83. The summed E-state index contributed by atoms with van der Waals surface area (Å²) in [6.45, 7) is 3.96. The fraction of sp³-hybridized carbons (Fsp3) is 0.385. The van der Waals surface area contributed by atoms with Crippen molar-refractivity contribution in [3.05, 3.63) is 33.3 Å². The van der Waals surface area contributed by atoms with Gasteiger partial charge in [0.2, 0.25) is 0 Å². The molecule has 16 heavy (non-hydrogen) atoms. The maximum atomic E-state index is 9.13. The minimum atomic E-state index is 0.335. The second-order valence-corrected chi connectivity index (χ2v) is 3.89. The lowest BCUT2D eigenvalue weighted by Crippen LogP contribution is -2.00. The Morgan fingerprint density at radius 1 is 1.19 bits per heavy atom. The lowest BCUT2D eigenvalue weighted by molar-refractivity contribution is 1.04. The average molecular weight is 233 g/mol. The van der Waals surface area contributed by atoms with Crippen LogP contribution in [0.25, 0.3) is 0 Å². The number of nitrogens with zero attached hydrogens (tertiary/aromatic N) is 2. The molecule has 0 atom stereocenters. The van der Waals surface area contributed by atoms with Gasteiger partial charge in [0.1, 0.15) is 6.07 Å². The topological polar surface area (TPSA) is 47.6 Å². The van der Waals surface area contributed by atoms with Gasteiger partial charge in [-0.2, -0.15) is 10.5 Å². The first-order chi connectivity index (χ1) is 7.69. The Balaban J connectivity index is 3.52. The molecule has 0 aliphatic carbocycles. The fourth-order valence-corrected chi connectivity index (χ4v) is 2.18. The molecule has 0 fully saturated rings. The van der Waals surface area contributed by atoms with Crippen LogP contribution in [0.4, 0.5) is 0 Å². The van der Waals surface area contributed by atoms with Gasteiger partial charge in [0.15, 0.2) is 0 Å². The molecule has 1 aromatic rings. The Morgan fingerprint density at radius 3 is 2.31 bits per heavy atom. The predicted molar refractivity (Wildman–Crippen MR) is 64.2 cm³/mol. The molecule has 0 unspecified atom stereocenters. The minimum Gasteiger partial charge on any atom is -0.198 e. The fourth-order valence-electron chi connectivity index (χ4n) is 1.83. The van der Waals surface area contributed by atoms with Crippen molar-refractivity contribution in [2.24, 2.45) is 0 Å². The van der Waals surface area contributed by atoms with E-state index in [1.165, 1.54) is 0 Å². The Hall–Kier alpha value is -1.51. The molecule has 0 bridgehead atoms. The lowest BCUT2D eigenvalue weighted by Gasteiger charge is -2.12. The second kappa shape index (κ2) is 5.54. The number of aryl methyl sites for hydroxylation is 1. The van der Waals surface area contributed by atoms with E-state index in [0.29, 0.717) is 17.0 Å². The quantitative estimate of drug-likeness (QED) is 0.802. The number of halogens is 1. The van der Waals surface area contributed by atoms with E-state index < -0.39 is 0 Å². The Morgan fingerprint density at radius 2 is 1.88 bits per heavy atom. The summed E-state index contributed by atoms with van der Waals surface area (Å²) in [6, 6.07) is 6.22. The van der Waals surface area contributed by atoms with E-state index in [9.17, 15) is 0 Å². The molecule has 0 saturated carbocycles. The van der Waals surface area contributed by atoms with Gasteiger partial charge >= 0.3 is 0 Å². The van der Waals surface area contributed by atoms with Crippen molar-refractivity contribution in [1.82, 2.24) is 0 Å². The number of rotatable bonds is 3. The van der Waals surface area contributed by atoms with E-state index >= 15 is 0 Å². The third-order valence-electron chi connectivity index (χ3n) is 2.66. The molecule has 0 N–H and O–H groups in total. The van der Waals surface area contributed by atoms with Crippen LogP contribution in [0.1, 0.15) is 36.1 Å². The molecule has 0 saturated heterocycles. The molecule has 0 aromatic heterocycles. The monoisotopic (exact) mass is 232 g/mol. The van der Waals surface area contributed by atoms with Gasteiger partial charge in [-0.05, 0) is 29.5 Å². The van der Waals surface area contributed by atoms with Gasteiger partial charge in [0, 0.05) is 0 Å². The predicted octanol–water partition coefficient (Wildman–Crippen LogP) is 3.40. The van der Waals surface area contributed by atoms with E-state index in [2.05, 4.69) is 12.1 Å². The van der Waals surface area contributed by atoms with Gasteiger partial charge < -0.3 is 0 Å². The van der Waals surface area contributed by atoms with E-state index in [1.807, 2.05) is 19.9 Å². The van der Waals surface area contributed by atoms with Crippen molar-refractivity contribution in [3.8, 4) is 12.1 Å². The summed E-state index contributed by atoms with van der Waals surface area (Å²) >= 11 is 6.16. The summed E-state index contributed by atoms with van der Waals surface area (Å²) in [5.74, 6) is 0. The van der Waals surface area contributed by atoms with Gasteiger partial charge in [0.05, 0.1) is 23.1 Å². The van der Waals surface area contributed by atoms with Gasteiger partial charge in [-0.15, -0.1) is 0 Å². The van der Waals surface area contributed by atoms with E-state index in [1.54, 1.807) is 0 Å². The first-order valence-electron chi connectivity index (χ1n) is 5.29. The molecule has 1 aromatic carbocycles. The molecule has 0 radical (unpaired) electrons. The van der Waals surface area contributed by atoms with Crippen molar-refractivity contribution >= 4 is 11.6 Å². The summed E-state index contributed by atoms with van der Waals surface area (Å²) in [5, 5.41) is 18.4. The zero-order valence-corrected chi connectivity index (χ0v) is 10.2. The van der Waals surface area contributed by atoms with Gasteiger partial charge in [-0.3, -0.25) is 0 Å². The summed E-state index contributed by atoms with van der Waals surface area (Å²) in [5.41, 5.74) is 3.32. The van der Waals surface area contributed by atoms with Crippen LogP contribution in [0.2, 0.25) is 5.02 Å². The van der Waals surface area contributed by atoms with Gasteiger partial charge in [-0.25, -0.2) is 0 Å². The third kappa shape index (κ3) is 2.18. The highest BCUT2D eigenvalue weighted by molar-refractivity contribution is 6.32. The van der Waals surface area contributed by atoms with E-state index in [-0.39, 0.29) is 0 Å². The molecule has 2 nitrogen and oxygen atoms in total. The second-order valence-electron chi connectivity index (χ2n) is 3.52. The van der Waals surface area contributed by atoms with Crippen molar-refractivity contribution in [2.45, 2.75) is 33.1 Å². The maximum absolute atomic E-state index is 9.13. The lowest BCUT2D eigenvalue weighted by atomic mass is 9.94. The molecular weight excluding hydrogens is 220 g/mol. The van der Waals surface area contributed by atoms with Crippen molar-refractivity contribution < 1.29 is 0 Å². The standard InChI is InChI=1S/C13H13ClN2/c1-3-9-7-10(5-6-15)11(4-2)12(8-16)13(9)14/h7H,3-5H2,1-2H3. The van der Waals surface area contributed by atoms with Crippen molar-refractivity contribution in [3.63, 3.8) is 0 Å². The van der Waals surface area contributed by atoms with Gasteiger partial charge in [-0.1, -0.05) is 31.5 Å². The largest absolute Gasteiger partial charge is 0.198 e. The van der Waals surface area contributed by atoms with Gasteiger partial charge in [0.25, 0.3) is 0 Å². The first kappa shape index (κ1) is 12.6. The number of benzene rings is 1. The van der Waals surface area contributed by atoms with Crippen molar-refractivity contribution in [1.29, 1.82) is 10.5 Å². The molecule has 82 valence electrons. The van der Waals surface area contributed by atoms with E-state index in [0.717, 1.165) is 29.5 Å². The maximum Gasteiger partial charge on any atom is 0.101 e. The minimum absolute atomic E-state index is 0.335. The summed E-state index contributed by atoms with van der Waals surface area (Å²) in [4.78, 5) is 0. The number of hydrogen-bond donors (Lipinski definition) is 0. The Kier molecular flexibility index (Phi) is 4.35. The van der Waals surface area contributed by atoms with Crippen LogP contribution in [-0.4, -0.2) is 0 Å². The zero-order valence-electron chi connectivity index (χ0n) is 9.47. The van der Waals surface area contributed by atoms with Crippen LogP contribution in [-0.2, 0) is 19.3 Å². The van der Waals surface area contributed by atoms with Crippen LogP contribution in [0.15, 0.2) is 6.07 Å². The molecular formula is C13H13ClN2. The average Bonchev–Trinajstić information content (AvgIpc) is 2.30. The molecule has 0 aliphatic heterocycles. The third-order valence-corrected chi connectivity index (χ3v) is 3.09. The summed E-state index contributed by atoms with van der Waals surface area (Å²) in [7, 11) is 0. The molecule has 3 heteroatoms. The Labute approximate surface area is 101 Å². The SMILES string of the molecule is CCc1cc(CC#N)c(CC)c(C#N)c1Cl. The highest BCUT2D eigenvalue weighted by atomic mass is 35.5. The van der Waals surface area contributed by atoms with Crippen LogP contribution >= 0.6 is 11.6 Å². The van der Waals surface area contributed by atoms with Crippen molar-refractivity contribution in [2.75, 3.05) is 0 Å². The highest BCUT2D eigenvalue weighted by Crippen LogP contribution is 2.28. The Bertz CT molecular complexity index is 478. The van der Waals surface area contributed by atoms with Crippen LogP contribution in [0.5, 0.6) is 0 Å². The molecule has 0 amide bonds. The number of nitriles is 2. The first-order valence-corrected chi connectivity index (χ1v) is 5.67. The van der Waals surface area contributed by atoms with Crippen LogP contribution in [0, 0.1) is 22.7 Å². The van der Waals surface area contributed by atoms with Crippen LogP contribution < -0.4 is 0 Å².